The van der Waals surface area contributed by atoms with E-state index in [1.165, 1.54) is 0 Å². The normalized spacial score (nSPS) is 10.1. The number of rotatable bonds is 4. The quantitative estimate of drug-likeness (QED) is 0.824. The molecule has 2 aromatic rings. The monoisotopic (exact) mass is 243 g/mol. The van der Waals surface area contributed by atoms with Gasteiger partial charge in [-0.2, -0.15) is 10.2 Å². The predicted octanol–water partition coefficient (Wildman–Crippen LogP) is 2.39. The lowest BCUT2D eigenvalue weighted by atomic mass is 10.1. The van der Waals surface area contributed by atoms with Crippen molar-refractivity contribution in [2.24, 2.45) is 0 Å². The minimum absolute atomic E-state index is 0.235. The Bertz CT molecular complexity index is 584. The highest BCUT2D eigenvalue weighted by Crippen LogP contribution is 2.20. The molecule has 0 unspecified atom stereocenters. The van der Waals surface area contributed by atoms with Crippen LogP contribution in [0.3, 0.4) is 0 Å². The average Bonchev–Trinajstić information content (AvgIpc) is 2.86. The first kappa shape index (κ1) is 12.1. The van der Waals surface area contributed by atoms with E-state index in [0.717, 1.165) is 5.56 Å². The van der Waals surface area contributed by atoms with E-state index in [9.17, 15) is 0 Å². The van der Waals surface area contributed by atoms with E-state index in [1.54, 1.807) is 12.1 Å². The molecule has 0 radical (unpaired) electrons. The Kier molecular flexibility index (Phi) is 3.58. The Morgan fingerprint density at radius 3 is 2.94 bits per heavy atom. The zero-order chi connectivity index (χ0) is 13.0. The number of benzene rings is 1. The number of hydrogen-bond acceptors (Lipinski definition) is 5. The van der Waals surface area contributed by atoms with Crippen LogP contribution in [-0.2, 0) is 13.0 Å². The van der Waals surface area contributed by atoms with Crippen LogP contribution in [0.15, 0.2) is 22.7 Å². The first-order chi connectivity index (χ1) is 8.72. The standard InChI is InChI=1S/C13H13N3O2/c1-3-13-15-12(16-18-13)8-17-11-6-10(7-14)5-4-9(11)2/h4-6H,3,8H2,1-2H3. The third kappa shape index (κ3) is 2.66. The van der Waals surface area contributed by atoms with Crippen molar-refractivity contribution < 1.29 is 9.26 Å². The molecule has 0 amide bonds. The molecular formula is C13H13N3O2. The van der Waals surface area contributed by atoms with Crippen LogP contribution in [0.4, 0.5) is 0 Å². The second-order valence-electron chi connectivity index (χ2n) is 3.84. The molecule has 0 saturated carbocycles. The fourth-order valence-corrected chi connectivity index (χ4v) is 1.46. The summed E-state index contributed by atoms with van der Waals surface area (Å²) in [7, 11) is 0. The topological polar surface area (TPSA) is 71.9 Å². The van der Waals surface area contributed by atoms with E-state index in [2.05, 4.69) is 16.2 Å². The van der Waals surface area contributed by atoms with Crippen molar-refractivity contribution in [3.8, 4) is 11.8 Å². The molecule has 1 heterocycles. The molecule has 2 rings (SSSR count). The molecule has 0 aliphatic carbocycles. The van der Waals surface area contributed by atoms with Crippen molar-refractivity contribution in [1.82, 2.24) is 10.1 Å². The van der Waals surface area contributed by atoms with Crippen LogP contribution in [0.5, 0.6) is 5.75 Å². The first-order valence-electron chi connectivity index (χ1n) is 5.68. The van der Waals surface area contributed by atoms with Gasteiger partial charge in [-0.3, -0.25) is 0 Å². The van der Waals surface area contributed by atoms with Crippen LogP contribution < -0.4 is 4.74 Å². The molecule has 92 valence electrons. The molecule has 0 fully saturated rings. The molecule has 0 spiro atoms. The maximum absolute atomic E-state index is 8.83. The summed E-state index contributed by atoms with van der Waals surface area (Å²) in [6.07, 6.45) is 0.704. The lowest BCUT2D eigenvalue weighted by Gasteiger charge is -2.06. The van der Waals surface area contributed by atoms with Gasteiger partial charge in [0.25, 0.3) is 0 Å². The second-order valence-corrected chi connectivity index (χ2v) is 3.84. The Labute approximate surface area is 105 Å². The Morgan fingerprint density at radius 1 is 1.44 bits per heavy atom. The van der Waals surface area contributed by atoms with Gasteiger partial charge in [-0.15, -0.1) is 0 Å². The number of aryl methyl sites for hydroxylation is 2. The maximum Gasteiger partial charge on any atom is 0.226 e. The molecule has 1 aromatic heterocycles. The predicted molar refractivity (Wildman–Crippen MR) is 63.9 cm³/mol. The fourth-order valence-electron chi connectivity index (χ4n) is 1.46. The lowest BCUT2D eigenvalue weighted by molar-refractivity contribution is 0.283. The number of aromatic nitrogens is 2. The summed E-state index contributed by atoms with van der Waals surface area (Å²) in [4.78, 5) is 4.15. The van der Waals surface area contributed by atoms with Crippen LogP contribution in [0.1, 0.15) is 29.8 Å². The summed E-state index contributed by atoms with van der Waals surface area (Å²) < 4.78 is 10.6. The van der Waals surface area contributed by atoms with Gasteiger partial charge in [-0.05, 0) is 24.6 Å². The van der Waals surface area contributed by atoms with Crippen molar-refractivity contribution in [1.29, 1.82) is 5.26 Å². The van der Waals surface area contributed by atoms with Gasteiger partial charge in [0.2, 0.25) is 11.7 Å². The van der Waals surface area contributed by atoms with Gasteiger partial charge in [0.1, 0.15) is 5.75 Å². The van der Waals surface area contributed by atoms with Crippen molar-refractivity contribution in [2.75, 3.05) is 0 Å². The van der Waals surface area contributed by atoms with E-state index in [1.807, 2.05) is 19.9 Å². The van der Waals surface area contributed by atoms with Gasteiger partial charge in [0.05, 0.1) is 11.6 Å². The van der Waals surface area contributed by atoms with E-state index >= 15 is 0 Å². The molecule has 0 saturated heterocycles. The van der Waals surface area contributed by atoms with Gasteiger partial charge in [-0.25, -0.2) is 0 Å². The molecule has 0 aliphatic rings. The second kappa shape index (κ2) is 5.32. The van der Waals surface area contributed by atoms with Crippen LogP contribution in [0.25, 0.3) is 0 Å². The molecule has 0 aliphatic heterocycles. The molecular weight excluding hydrogens is 230 g/mol. The van der Waals surface area contributed by atoms with E-state index in [0.29, 0.717) is 29.4 Å². The molecule has 5 heteroatoms. The minimum atomic E-state index is 0.235. The maximum atomic E-state index is 8.83. The highest BCUT2D eigenvalue weighted by molar-refractivity contribution is 5.41. The van der Waals surface area contributed by atoms with Crippen LogP contribution >= 0.6 is 0 Å². The van der Waals surface area contributed by atoms with Crippen molar-refractivity contribution >= 4 is 0 Å². The number of nitrogens with zero attached hydrogens (tertiary/aromatic N) is 3. The largest absolute Gasteiger partial charge is 0.485 e. The zero-order valence-electron chi connectivity index (χ0n) is 10.3. The molecule has 0 N–H and O–H groups in total. The van der Waals surface area contributed by atoms with E-state index in [4.69, 9.17) is 14.5 Å². The molecule has 1 aromatic carbocycles. The number of ether oxygens (including phenoxy) is 1. The highest BCUT2D eigenvalue weighted by Gasteiger charge is 2.07. The van der Waals surface area contributed by atoms with Crippen molar-refractivity contribution in [3.05, 3.63) is 41.0 Å². The summed E-state index contributed by atoms with van der Waals surface area (Å²) in [5, 5.41) is 12.6. The first-order valence-corrected chi connectivity index (χ1v) is 5.68. The third-order valence-corrected chi connectivity index (χ3v) is 2.49. The van der Waals surface area contributed by atoms with E-state index < -0.39 is 0 Å². The summed E-state index contributed by atoms with van der Waals surface area (Å²) in [6, 6.07) is 7.39. The summed E-state index contributed by atoms with van der Waals surface area (Å²) in [5.74, 6) is 1.77. The Morgan fingerprint density at radius 2 is 2.28 bits per heavy atom. The highest BCUT2D eigenvalue weighted by atomic mass is 16.5. The Hall–Kier alpha value is -2.35. The Balaban J connectivity index is 2.08. The van der Waals surface area contributed by atoms with Crippen LogP contribution in [0.2, 0.25) is 0 Å². The molecule has 18 heavy (non-hydrogen) atoms. The summed E-state index contributed by atoms with van der Waals surface area (Å²) in [6.45, 7) is 4.10. The van der Waals surface area contributed by atoms with Crippen LogP contribution in [0, 0.1) is 18.3 Å². The van der Waals surface area contributed by atoms with Gasteiger partial charge >= 0.3 is 0 Å². The van der Waals surface area contributed by atoms with Gasteiger partial charge < -0.3 is 9.26 Å². The molecule has 0 atom stereocenters. The summed E-state index contributed by atoms with van der Waals surface area (Å²) in [5.41, 5.74) is 1.53. The molecule has 5 nitrogen and oxygen atoms in total. The van der Waals surface area contributed by atoms with Crippen LogP contribution in [-0.4, -0.2) is 10.1 Å². The van der Waals surface area contributed by atoms with E-state index in [-0.39, 0.29) is 6.61 Å². The zero-order valence-corrected chi connectivity index (χ0v) is 10.3. The van der Waals surface area contributed by atoms with Crippen molar-refractivity contribution in [3.63, 3.8) is 0 Å². The number of hydrogen-bond donors (Lipinski definition) is 0. The lowest BCUT2D eigenvalue weighted by Crippen LogP contribution is -1.99. The molecule has 0 bridgehead atoms. The smallest absolute Gasteiger partial charge is 0.226 e. The minimum Gasteiger partial charge on any atom is -0.485 e. The van der Waals surface area contributed by atoms with Gasteiger partial charge in [0, 0.05) is 6.42 Å². The SMILES string of the molecule is CCc1nc(COc2cc(C#N)ccc2C)no1. The van der Waals surface area contributed by atoms with Gasteiger partial charge in [0.15, 0.2) is 6.61 Å². The number of nitriles is 1. The fraction of sp³-hybridized carbons (Fsp3) is 0.308. The third-order valence-electron chi connectivity index (χ3n) is 2.49. The van der Waals surface area contributed by atoms with Gasteiger partial charge in [-0.1, -0.05) is 18.1 Å². The van der Waals surface area contributed by atoms with Crippen molar-refractivity contribution in [2.45, 2.75) is 26.9 Å². The summed E-state index contributed by atoms with van der Waals surface area (Å²) >= 11 is 0. The average molecular weight is 243 g/mol.